The summed E-state index contributed by atoms with van der Waals surface area (Å²) in [4.78, 5) is 13.6. The van der Waals surface area contributed by atoms with Gasteiger partial charge in [-0.3, -0.25) is 0 Å². The van der Waals surface area contributed by atoms with E-state index >= 15 is 0 Å². The Bertz CT molecular complexity index is 609. The lowest BCUT2D eigenvalue weighted by Gasteiger charge is -2.16. The van der Waals surface area contributed by atoms with E-state index in [0.717, 1.165) is 4.88 Å². The molecular formula is C14H14ClNO2S. The summed E-state index contributed by atoms with van der Waals surface area (Å²) < 4.78 is 0. The molecule has 0 fully saturated rings. The lowest BCUT2D eigenvalue weighted by Crippen LogP contribution is -2.09. The predicted molar refractivity (Wildman–Crippen MR) is 79.5 cm³/mol. The molecule has 0 saturated heterocycles. The third-order valence-corrected chi connectivity index (χ3v) is 4.19. The molecule has 19 heavy (non-hydrogen) atoms. The first kappa shape index (κ1) is 13.9. The molecule has 2 aromatic rings. The second-order valence-electron chi connectivity index (χ2n) is 4.31. The summed E-state index contributed by atoms with van der Waals surface area (Å²) >= 11 is 7.62. The van der Waals surface area contributed by atoms with E-state index in [2.05, 4.69) is 5.32 Å². The zero-order valence-corrected chi connectivity index (χ0v) is 12.2. The van der Waals surface area contributed by atoms with Crippen LogP contribution >= 0.6 is 22.9 Å². The van der Waals surface area contributed by atoms with Gasteiger partial charge in [0.15, 0.2) is 0 Å². The molecule has 1 atom stereocenters. The number of hydrogen-bond acceptors (Lipinski definition) is 3. The fourth-order valence-corrected chi connectivity index (χ4v) is 2.86. The van der Waals surface area contributed by atoms with Gasteiger partial charge in [0, 0.05) is 14.8 Å². The Morgan fingerprint density at radius 2 is 2.11 bits per heavy atom. The number of carboxylic acid groups (broad SMARTS) is 1. The second-order valence-corrected chi connectivity index (χ2v) is 6.07. The lowest BCUT2D eigenvalue weighted by molar-refractivity contribution is 0.0698. The monoisotopic (exact) mass is 295 g/mol. The van der Waals surface area contributed by atoms with Crippen LogP contribution in [0.1, 0.15) is 33.1 Å². The first-order chi connectivity index (χ1) is 8.97. The number of carbonyl (C=O) groups is 1. The van der Waals surface area contributed by atoms with Crippen LogP contribution in [0.2, 0.25) is 5.02 Å². The topological polar surface area (TPSA) is 49.3 Å². The molecule has 3 nitrogen and oxygen atoms in total. The van der Waals surface area contributed by atoms with E-state index in [1.165, 1.54) is 10.9 Å². The van der Waals surface area contributed by atoms with Crippen LogP contribution in [0.15, 0.2) is 30.3 Å². The van der Waals surface area contributed by atoms with Crippen molar-refractivity contribution < 1.29 is 9.90 Å². The highest BCUT2D eigenvalue weighted by atomic mass is 35.5. The summed E-state index contributed by atoms with van der Waals surface area (Å²) in [5.41, 5.74) is 0.767. The minimum atomic E-state index is -0.964. The number of aryl methyl sites for hydroxylation is 1. The molecule has 0 spiro atoms. The Morgan fingerprint density at radius 1 is 1.37 bits per heavy atom. The van der Waals surface area contributed by atoms with Crippen molar-refractivity contribution in [3.05, 3.63) is 50.7 Å². The molecule has 2 N–H and O–H groups in total. The Labute approximate surface area is 120 Å². The second kappa shape index (κ2) is 5.63. The number of aromatic carboxylic acids is 1. The van der Waals surface area contributed by atoms with Gasteiger partial charge >= 0.3 is 5.97 Å². The number of carboxylic acids is 1. The first-order valence-electron chi connectivity index (χ1n) is 5.83. The third-order valence-electron chi connectivity index (χ3n) is 2.77. The summed E-state index contributed by atoms with van der Waals surface area (Å²) in [5.74, 6) is -0.964. The smallest absolute Gasteiger partial charge is 0.337 e. The molecule has 2 rings (SSSR count). The van der Waals surface area contributed by atoms with Gasteiger partial charge in [-0.05, 0) is 44.2 Å². The number of rotatable bonds is 4. The molecule has 0 bridgehead atoms. The minimum Gasteiger partial charge on any atom is -0.478 e. The molecule has 0 aliphatic heterocycles. The summed E-state index contributed by atoms with van der Waals surface area (Å²) in [6.45, 7) is 4.04. The maximum absolute atomic E-state index is 11.2. The van der Waals surface area contributed by atoms with Crippen LogP contribution in [0.4, 0.5) is 5.69 Å². The Morgan fingerprint density at radius 3 is 2.68 bits per heavy atom. The quantitative estimate of drug-likeness (QED) is 0.868. The van der Waals surface area contributed by atoms with Crippen molar-refractivity contribution in [3.63, 3.8) is 0 Å². The highest BCUT2D eigenvalue weighted by Gasteiger charge is 2.14. The van der Waals surface area contributed by atoms with Gasteiger partial charge in [0.1, 0.15) is 0 Å². The standard InChI is InChI=1S/C14H14ClNO2S/c1-8-3-6-13(19-8)9(2)16-12-7-10(15)4-5-11(12)14(17)18/h3-7,9,16H,1-2H3,(H,17,18). The lowest BCUT2D eigenvalue weighted by atomic mass is 10.1. The number of halogens is 1. The highest BCUT2D eigenvalue weighted by Crippen LogP contribution is 2.28. The van der Waals surface area contributed by atoms with E-state index in [1.54, 1.807) is 23.5 Å². The number of anilines is 1. The molecule has 5 heteroatoms. The van der Waals surface area contributed by atoms with Crippen molar-refractivity contribution in [3.8, 4) is 0 Å². The van der Waals surface area contributed by atoms with Crippen LogP contribution in [0, 0.1) is 6.92 Å². The first-order valence-corrected chi connectivity index (χ1v) is 7.02. The van der Waals surface area contributed by atoms with Crippen molar-refractivity contribution in [1.29, 1.82) is 0 Å². The van der Waals surface area contributed by atoms with Crippen LogP contribution in [0.5, 0.6) is 0 Å². The van der Waals surface area contributed by atoms with Gasteiger partial charge in [0.05, 0.1) is 17.3 Å². The molecule has 1 aromatic carbocycles. The molecule has 1 unspecified atom stereocenters. The summed E-state index contributed by atoms with van der Waals surface area (Å²) in [6.07, 6.45) is 0. The minimum absolute atomic E-state index is 0.0373. The SMILES string of the molecule is Cc1ccc(C(C)Nc2cc(Cl)ccc2C(=O)O)s1. The van der Waals surface area contributed by atoms with Crippen LogP contribution in [-0.2, 0) is 0 Å². The zero-order chi connectivity index (χ0) is 14.0. The number of thiophene rings is 1. The Hall–Kier alpha value is -1.52. The van der Waals surface area contributed by atoms with Gasteiger partial charge in [0.2, 0.25) is 0 Å². The fourth-order valence-electron chi connectivity index (χ4n) is 1.81. The average Bonchev–Trinajstić information content (AvgIpc) is 2.75. The molecule has 0 aliphatic carbocycles. The van der Waals surface area contributed by atoms with Crippen LogP contribution in [-0.4, -0.2) is 11.1 Å². The Balaban J connectivity index is 2.27. The van der Waals surface area contributed by atoms with Crippen LogP contribution in [0.3, 0.4) is 0 Å². The maximum atomic E-state index is 11.2. The molecule has 1 heterocycles. The van der Waals surface area contributed by atoms with Crippen molar-refractivity contribution in [2.75, 3.05) is 5.32 Å². The van der Waals surface area contributed by atoms with Gasteiger partial charge in [-0.25, -0.2) is 4.79 Å². The van der Waals surface area contributed by atoms with Gasteiger partial charge in [-0.1, -0.05) is 11.6 Å². The molecule has 100 valence electrons. The van der Waals surface area contributed by atoms with E-state index in [9.17, 15) is 4.79 Å². The zero-order valence-electron chi connectivity index (χ0n) is 10.6. The van der Waals surface area contributed by atoms with Gasteiger partial charge in [-0.2, -0.15) is 0 Å². The molecule has 0 saturated carbocycles. The van der Waals surface area contributed by atoms with Crippen LogP contribution in [0.25, 0.3) is 0 Å². The number of benzene rings is 1. The predicted octanol–water partition coefficient (Wildman–Crippen LogP) is 4.58. The van der Waals surface area contributed by atoms with Gasteiger partial charge in [0.25, 0.3) is 0 Å². The molecule has 0 aliphatic rings. The Kier molecular flexibility index (Phi) is 4.12. The van der Waals surface area contributed by atoms with E-state index in [4.69, 9.17) is 16.7 Å². The van der Waals surface area contributed by atoms with Crippen molar-refractivity contribution in [2.24, 2.45) is 0 Å². The fraction of sp³-hybridized carbons (Fsp3) is 0.214. The molecular weight excluding hydrogens is 282 g/mol. The molecule has 0 radical (unpaired) electrons. The molecule has 0 amide bonds. The summed E-state index contributed by atoms with van der Waals surface area (Å²) in [5, 5.41) is 12.9. The van der Waals surface area contributed by atoms with E-state index in [1.807, 2.05) is 26.0 Å². The highest BCUT2D eigenvalue weighted by molar-refractivity contribution is 7.12. The van der Waals surface area contributed by atoms with E-state index in [0.29, 0.717) is 10.7 Å². The van der Waals surface area contributed by atoms with Gasteiger partial charge < -0.3 is 10.4 Å². The normalized spacial score (nSPS) is 12.2. The average molecular weight is 296 g/mol. The van der Waals surface area contributed by atoms with Gasteiger partial charge in [-0.15, -0.1) is 11.3 Å². The van der Waals surface area contributed by atoms with Crippen LogP contribution < -0.4 is 5.32 Å². The summed E-state index contributed by atoms with van der Waals surface area (Å²) in [6, 6.07) is 8.87. The van der Waals surface area contributed by atoms with E-state index < -0.39 is 5.97 Å². The number of hydrogen-bond donors (Lipinski definition) is 2. The van der Waals surface area contributed by atoms with Crippen molar-refractivity contribution in [1.82, 2.24) is 0 Å². The van der Waals surface area contributed by atoms with E-state index in [-0.39, 0.29) is 11.6 Å². The maximum Gasteiger partial charge on any atom is 0.337 e. The molecule has 1 aromatic heterocycles. The third kappa shape index (κ3) is 3.28. The van der Waals surface area contributed by atoms with Crippen molar-refractivity contribution in [2.45, 2.75) is 19.9 Å². The number of nitrogens with one attached hydrogen (secondary N) is 1. The largest absolute Gasteiger partial charge is 0.478 e. The van der Waals surface area contributed by atoms with Crippen molar-refractivity contribution >= 4 is 34.6 Å². The summed E-state index contributed by atoms with van der Waals surface area (Å²) in [7, 11) is 0.